The van der Waals surface area contributed by atoms with E-state index in [1.807, 2.05) is 32.3 Å². The molecule has 0 aliphatic heterocycles. The van der Waals surface area contributed by atoms with E-state index < -0.39 is 6.03 Å². The second-order valence-corrected chi connectivity index (χ2v) is 8.97. The van der Waals surface area contributed by atoms with E-state index in [1.54, 1.807) is 50.4 Å². The van der Waals surface area contributed by atoms with Crippen LogP contribution >= 0.6 is 0 Å². The summed E-state index contributed by atoms with van der Waals surface area (Å²) in [7, 11) is 8.67. The highest BCUT2D eigenvalue weighted by Crippen LogP contribution is 2.42. The Labute approximate surface area is 229 Å². The van der Waals surface area contributed by atoms with Crippen LogP contribution in [0, 0.1) is 0 Å². The van der Waals surface area contributed by atoms with Gasteiger partial charge in [-0.2, -0.15) is 0 Å². The number of hydrogen-bond acceptors (Lipinski definition) is 8. The standard InChI is InChI=1S/C29H36N4O6/c1-19(32-35)24-13-8-20(16-26(24)36-4)25-17-22(18-27(37-5)28(25)38-6)31-29(34)30-21-9-11-23(12-10-21)39-15-7-14-33(2)3/h8-13,16-18,35H,7,14-15H2,1-6H3,(H2,30,31,34)/b32-19+. The van der Waals surface area contributed by atoms with Gasteiger partial charge in [0, 0.05) is 35.1 Å². The maximum absolute atomic E-state index is 12.8. The zero-order valence-electron chi connectivity index (χ0n) is 23.2. The summed E-state index contributed by atoms with van der Waals surface area (Å²) in [6.07, 6.45) is 0.927. The molecule has 10 nitrogen and oxygen atoms in total. The van der Waals surface area contributed by atoms with Crippen LogP contribution in [-0.4, -0.2) is 70.4 Å². The molecule has 0 atom stereocenters. The smallest absolute Gasteiger partial charge is 0.323 e. The van der Waals surface area contributed by atoms with Gasteiger partial charge in [-0.15, -0.1) is 0 Å². The summed E-state index contributed by atoms with van der Waals surface area (Å²) in [5.74, 6) is 2.19. The average molecular weight is 537 g/mol. The minimum Gasteiger partial charge on any atom is -0.496 e. The quantitative estimate of drug-likeness (QED) is 0.120. The number of amides is 2. The van der Waals surface area contributed by atoms with Crippen LogP contribution in [0.25, 0.3) is 11.1 Å². The molecule has 0 aliphatic rings. The molecule has 2 amide bonds. The number of hydrogen-bond donors (Lipinski definition) is 3. The fourth-order valence-corrected chi connectivity index (χ4v) is 3.96. The van der Waals surface area contributed by atoms with Gasteiger partial charge in [-0.1, -0.05) is 11.2 Å². The third kappa shape index (κ3) is 7.78. The Morgan fingerprint density at radius 2 is 1.59 bits per heavy atom. The molecule has 0 aliphatic carbocycles. The molecule has 0 bridgehead atoms. The molecule has 0 aromatic heterocycles. The molecule has 10 heteroatoms. The Balaban J connectivity index is 1.78. The van der Waals surface area contributed by atoms with Crippen molar-refractivity contribution in [3.05, 3.63) is 60.2 Å². The van der Waals surface area contributed by atoms with E-state index in [-0.39, 0.29) is 0 Å². The van der Waals surface area contributed by atoms with Crippen LogP contribution in [0.1, 0.15) is 18.9 Å². The van der Waals surface area contributed by atoms with Gasteiger partial charge in [0.05, 0.1) is 33.6 Å². The number of nitrogens with one attached hydrogen (secondary N) is 2. The first-order chi connectivity index (χ1) is 18.8. The second kappa shape index (κ2) is 13.9. The highest BCUT2D eigenvalue weighted by Gasteiger charge is 2.18. The van der Waals surface area contributed by atoms with Gasteiger partial charge in [0.15, 0.2) is 11.5 Å². The number of ether oxygens (including phenoxy) is 4. The predicted molar refractivity (Wildman–Crippen MR) is 153 cm³/mol. The first-order valence-electron chi connectivity index (χ1n) is 12.4. The summed E-state index contributed by atoms with van der Waals surface area (Å²) in [5, 5.41) is 18.1. The van der Waals surface area contributed by atoms with E-state index in [1.165, 1.54) is 14.2 Å². The molecule has 0 radical (unpaired) electrons. The van der Waals surface area contributed by atoms with Crippen molar-refractivity contribution in [1.29, 1.82) is 0 Å². The molecule has 0 saturated carbocycles. The summed E-state index contributed by atoms with van der Waals surface area (Å²) in [6.45, 7) is 3.25. The van der Waals surface area contributed by atoms with Crippen LogP contribution in [-0.2, 0) is 0 Å². The summed E-state index contributed by atoms with van der Waals surface area (Å²) in [5.41, 5.74) is 3.60. The van der Waals surface area contributed by atoms with Crippen molar-refractivity contribution in [2.24, 2.45) is 5.16 Å². The first-order valence-corrected chi connectivity index (χ1v) is 12.4. The Bertz CT molecular complexity index is 1290. The van der Waals surface area contributed by atoms with Gasteiger partial charge in [0.1, 0.15) is 11.5 Å². The minimum absolute atomic E-state index is 0.416. The maximum atomic E-state index is 12.8. The van der Waals surface area contributed by atoms with Crippen LogP contribution < -0.4 is 29.6 Å². The van der Waals surface area contributed by atoms with Gasteiger partial charge in [0.2, 0.25) is 0 Å². The van der Waals surface area contributed by atoms with Gasteiger partial charge >= 0.3 is 6.03 Å². The predicted octanol–water partition coefficient (Wildman–Crippen LogP) is 5.55. The lowest BCUT2D eigenvalue weighted by Gasteiger charge is -2.17. The van der Waals surface area contributed by atoms with E-state index in [4.69, 9.17) is 18.9 Å². The van der Waals surface area contributed by atoms with Crippen molar-refractivity contribution >= 4 is 23.1 Å². The van der Waals surface area contributed by atoms with Crippen LogP contribution in [0.3, 0.4) is 0 Å². The topological polar surface area (TPSA) is 114 Å². The zero-order valence-corrected chi connectivity index (χ0v) is 23.2. The fourth-order valence-electron chi connectivity index (χ4n) is 3.96. The molecule has 0 heterocycles. The molecular weight excluding hydrogens is 500 g/mol. The monoisotopic (exact) mass is 536 g/mol. The summed E-state index contributed by atoms with van der Waals surface area (Å²) >= 11 is 0. The summed E-state index contributed by atoms with van der Waals surface area (Å²) < 4.78 is 22.4. The molecule has 39 heavy (non-hydrogen) atoms. The van der Waals surface area contributed by atoms with E-state index in [0.29, 0.717) is 52.1 Å². The molecule has 3 aromatic carbocycles. The van der Waals surface area contributed by atoms with E-state index >= 15 is 0 Å². The molecule has 0 saturated heterocycles. The Hall–Kier alpha value is -4.44. The number of urea groups is 1. The number of methoxy groups -OCH3 is 3. The van der Waals surface area contributed by atoms with Crippen molar-refractivity contribution in [3.8, 4) is 34.1 Å². The Morgan fingerprint density at radius 1 is 0.897 bits per heavy atom. The second-order valence-electron chi connectivity index (χ2n) is 8.97. The molecule has 0 spiro atoms. The van der Waals surface area contributed by atoms with Gasteiger partial charge in [0.25, 0.3) is 0 Å². The molecule has 0 fully saturated rings. The van der Waals surface area contributed by atoms with E-state index in [2.05, 4.69) is 20.7 Å². The third-order valence-electron chi connectivity index (χ3n) is 5.92. The molecule has 3 N–H and O–H groups in total. The van der Waals surface area contributed by atoms with Crippen molar-refractivity contribution in [2.45, 2.75) is 13.3 Å². The largest absolute Gasteiger partial charge is 0.496 e. The van der Waals surface area contributed by atoms with Gasteiger partial charge in [-0.25, -0.2) is 4.79 Å². The number of nitrogens with zero attached hydrogens (tertiary/aromatic N) is 2. The lowest BCUT2D eigenvalue weighted by molar-refractivity contribution is 0.262. The van der Waals surface area contributed by atoms with E-state index in [0.717, 1.165) is 24.3 Å². The maximum Gasteiger partial charge on any atom is 0.323 e. The third-order valence-corrected chi connectivity index (χ3v) is 5.92. The van der Waals surface area contributed by atoms with Crippen LogP contribution in [0.2, 0.25) is 0 Å². The fraction of sp³-hybridized carbons (Fsp3) is 0.310. The molecule has 3 aromatic rings. The van der Waals surface area contributed by atoms with Crippen LogP contribution in [0.15, 0.2) is 59.8 Å². The van der Waals surface area contributed by atoms with Crippen molar-refractivity contribution < 1.29 is 28.9 Å². The molecule has 0 unspecified atom stereocenters. The van der Waals surface area contributed by atoms with Crippen molar-refractivity contribution in [3.63, 3.8) is 0 Å². The molecule has 3 rings (SSSR count). The van der Waals surface area contributed by atoms with Gasteiger partial charge < -0.3 is 39.7 Å². The summed E-state index contributed by atoms with van der Waals surface area (Å²) in [4.78, 5) is 14.9. The number of anilines is 2. The highest BCUT2D eigenvalue weighted by atomic mass is 16.5. The minimum atomic E-state index is -0.421. The zero-order chi connectivity index (χ0) is 28.4. The number of oxime groups is 1. The van der Waals surface area contributed by atoms with Crippen molar-refractivity contribution in [2.75, 3.05) is 59.2 Å². The number of rotatable bonds is 12. The summed E-state index contributed by atoms with van der Waals surface area (Å²) in [6, 6.07) is 15.7. The van der Waals surface area contributed by atoms with Gasteiger partial charge in [-0.05, 0) is 75.5 Å². The van der Waals surface area contributed by atoms with Gasteiger partial charge in [-0.3, -0.25) is 0 Å². The first kappa shape index (κ1) is 29.1. The molecular formula is C29H36N4O6. The number of benzene rings is 3. The molecule has 208 valence electrons. The Kier molecular flexibility index (Phi) is 10.4. The normalized spacial score (nSPS) is 11.2. The lowest BCUT2D eigenvalue weighted by atomic mass is 9.99. The Morgan fingerprint density at radius 3 is 2.21 bits per heavy atom. The number of carbonyl (C=O) groups excluding carboxylic acids is 1. The SMILES string of the molecule is COc1cc(-c2cc(NC(=O)Nc3ccc(OCCCN(C)C)cc3)cc(OC)c2OC)ccc1/C(C)=N/O. The van der Waals surface area contributed by atoms with Crippen LogP contribution in [0.5, 0.6) is 23.0 Å². The van der Waals surface area contributed by atoms with Crippen molar-refractivity contribution in [1.82, 2.24) is 4.90 Å². The average Bonchev–Trinajstić information content (AvgIpc) is 2.94. The lowest BCUT2D eigenvalue weighted by Crippen LogP contribution is -2.19. The highest BCUT2D eigenvalue weighted by molar-refractivity contribution is 6.02. The van der Waals surface area contributed by atoms with Crippen LogP contribution in [0.4, 0.5) is 16.2 Å². The number of carbonyl (C=O) groups is 1. The van der Waals surface area contributed by atoms with E-state index in [9.17, 15) is 10.0 Å².